The highest BCUT2D eigenvalue weighted by molar-refractivity contribution is 5.40. The van der Waals surface area contributed by atoms with Crippen molar-refractivity contribution < 1.29 is 0 Å². The summed E-state index contributed by atoms with van der Waals surface area (Å²) >= 11 is 0. The molecule has 0 amide bonds. The molecule has 3 aliphatic heterocycles. The number of hydrogen-bond donors (Lipinski definition) is 0. The van der Waals surface area contributed by atoms with Crippen LogP contribution in [0.1, 0.15) is 39.5 Å². The van der Waals surface area contributed by atoms with Crippen LogP contribution >= 0.6 is 0 Å². The molecule has 2 atom stereocenters. The van der Waals surface area contributed by atoms with Gasteiger partial charge >= 0.3 is 0 Å². The second-order valence-electron chi connectivity index (χ2n) is 9.70. The molecule has 0 aromatic carbocycles. The second-order valence-corrected chi connectivity index (χ2v) is 9.70. The lowest BCUT2D eigenvalue weighted by molar-refractivity contribution is 0.130. The number of piperidine rings is 2. The number of allylic oxidation sites excluding steroid dienone is 1. The monoisotopic (exact) mass is 423 g/mol. The predicted molar refractivity (Wildman–Crippen MR) is 120 cm³/mol. The number of nitrogens with zero attached hydrogens (tertiary/aromatic N) is 7. The van der Waals surface area contributed by atoms with E-state index in [9.17, 15) is 10.5 Å². The largest absolute Gasteiger partial charge is 0.355 e. The highest BCUT2D eigenvalue weighted by atomic mass is 15.4. The van der Waals surface area contributed by atoms with Crippen LogP contribution in [0.4, 0.5) is 0 Å². The van der Waals surface area contributed by atoms with Gasteiger partial charge in [0.1, 0.15) is 18.0 Å². The van der Waals surface area contributed by atoms with E-state index in [1.165, 1.54) is 6.42 Å². The topological polar surface area (TPSA) is 84.3 Å². The van der Waals surface area contributed by atoms with Crippen molar-refractivity contribution >= 4 is 0 Å². The highest BCUT2D eigenvalue weighted by Gasteiger charge is 2.29. The first-order valence-electron chi connectivity index (χ1n) is 11.9. The smallest absolute Gasteiger partial charge is 0.169 e. The molecule has 3 rings (SSSR count). The summed E-state index contributed by atoms with van der Waals surface area (Å²) in [6.45, 7) is 14.5. The summed E-state index contributed by atoms with van der Waals surface area (Å²) in [7, 11) is 0. The fraction of sp³-hybridized carbons (Fsp3) is 0.792. The molecule has 0 aliphatic carbocycles. The maximum atomic E-state index is 9.56. The number of nitriles is 3. The molecular weight excluding hydrogens is 386 g/mol. The van der Waals surface area contributed by atoms with Gasteiger partial charge in [-0.05, 0) is 57.2 Å². The first kappa shape index (κ1) is 23.4. The van der Waals surface area contributed by atoms with Crippen molar-refractivity contribution in [3.63, 3.8) is 0 Å². The molecule has 7 nitrogen and oxygen atoms in total. The lowest BCUT2D eigenvalue weighted by Gasteiger charge is -2.36. The van der Waals surface area contributed by atoms with Crippen LogP contribution in [-0.4, -0.2) is 85.0 Å². The third-order valence-electron chi connectivity index (χ3n) is 6.99. The fourth-order valence-corrected chi connectivity index (χ4v) is 5.54. The van der Waals surface area contributed by atoms with Gasteiger partial charge in [0.15, 0.2) is 5.57 Å². The first-order valence-corrected chi connectivity index (χ1v) is 11.9. The molecule has 0 aromatic rings. The maximum absolute atomic E-state index is 9.56. The van der Waals surface area contributed by atoms with Crippen molar-refractivity contribution in [2.24, 2.45) is 17.8 Å². The third-order valence-corrected chi connectivity index (χ3v) is 6.99. The van der Waals surface area contributed by atoms with Gasteiger partial charge in [0.25, 0.3) is 0 Å². The van der Waals surface area contributed by atoms with Crippen molar-refractivity contribution in [2.45, 2.75) is 39.5 Å². The average molecular weight is 424 g/mol. The van der Waals surface area contributed by atoms with Crippen molar-refractivity contribution in [2.75, 3.05) is 65.4 Å². The van der Waals surface area contributed by atoms with Crippen LogP contribution in [0.15, 0.2) is 11.4 Å². The standard InChI is InChI=1S/C24H37N7/c1-20-14-21(2)19-29(18-20)10-11-31-13-12-30(24(31)23(16-26)17-27)7-3-6-28-8-4-22(15-25)5-9-28/h20-22H,3-14,18-19H2,1-2H3. The molecule has 0 aromatic heterocycles. The highest BCUT2D eigenvalue weighted by Crippen LogP contribution is 2.24. The second kappa shape index (κ2) is 11.4. The molecule has 31 heavy (non-hydrogen) atoms. The zero-order valence-electron chi connectivity index (χ0n) is 19.3. The van der Waals surface area contributed by atoms with Crippen molar-refractivity contribution in [3.05, 3.63) is 11.4 Å². The molecule has 0 radical (unpaired) electrons. The minimum Gasteiger partial charge on any atom is -0.355 e. The lowest BCUT2D eigenvalue weighted by atomic mass is 9.92. The van der Waals surface area contributed by atoms with E-state index < -0.39 is 0 Å². The Labute approximate surface area is 188 Å². The zero-order chi connectivity index (χ0) is 22.2. The Balaban J connectivity index is 1.53. The van der Waals surface area contributed by atoms with Gasteiger partial charge in [0.2, 0.25) is 0 Å². The van der Waals surface area contributed by atoms with E-state index in [2.05, 4.69) is 51.7 Å². The zero-order valence-corrected chi connectivity index (χ0v) is 19.3. The maximum Gasteiger partial charge on any atom is 0.169 e. The summed E-state index contributed by atoms with van der Waals surface area (Å²) in [4.78, 5) is 9.48. The van der Waals surface area contributed by atoms with Crippen LogP contribution in [-0.2, 0) is 0 Å². The van der Waals surface area contributed by atoms with E-state index in [0.717, 1.165) is 102 Å². The lowest BCUT2D eigenvalue weighted by Crippen LogP contribution is -2.42. The minimum absolute atomic E-state index is 0.220. The first-order chi connectivity index (χ1) is 15.0. The molecule has 0 spiro atoms. The molecule has 3 fully saturated rings. The summed E-state index contributed by atoms with van der Waals surface area (Å²) in [5.74, 6) is 2.53. The van der Waals surface area contributed by atoms with E-state index in [1.807, 2.05) is 0 Å². The van der Waals surface area contributed by atoms with E-state index >= 15 is 0 Å². The van der Waals surface area contributed by atoms with Gasteiger partial charge in [-0.2, -0.15) is 15.8 Å². The third kappa shape index (κ3) is 6.36. The van der Waals surface area contributed by atoms with Crippen molar-refractivity contribution in [3.8, 4) is 18.2 Å². The summed E-state index contributed by atoms with van der Waals surface area (Å²) in [6, 6.07) is 6.67. The molecule has 0 N–H and O–H groups in total. The van der Waals surface area contributed by atoms with Gasteiger partial charge in [-0.3, -0.25) is 0 Å². The average Bonchev–Trinajstić information content (AvgIpc) is 3.16. The van der Waals surface area contributed by atoms with Gasteiger partial charge in [-0.25, -0.2) is 0 Å². The summed E-state index contributed by atoms with van der Waals surface area (Å²) in [5, 5.41) is 28.2. The van der Waals surface area contributed by atoms with Crippen LogP contribution in [0.2, 0.25) is 0 Å². The van der Waals surface area contributed by atoms with Gasteiger partial charge in [-0.1, -0.05) is 13.8 Å². The Kier molecular flexibility index (Phi) is 8.59. The Hall–Kier alpha value is -2.27. The van der Waals surface area contributed by atoms with Crippen molar-refractivity contribution in [1.29, 1.82) is 15.8 Å². The van der Waals surface area contributed by atoms with E-state index in [0.29, 0.717) is 0 Å². The van der Waals surface area contributed by atoms with Crippen LogP contribution in [0.5, 0.6) is 0 Å². The van der Waals surface area contributed by atoms with Crippen molar-refractivity contribution in [1.82, 2.24) is 19.6 Å². The Morgan fingerprint density at radius 1 is 0.806 bits per heavy atom. The van der Waals surface area contributed by atoms with Crippen LogP contribution in [0, 0.1) is 51.7 Å². The summed E-state index contributed by atoms with van der Waals surface area (Å²) in [6.07, 6.45) is 4.26. The number of likely N-dealkylation sites (tertiary alicyclic amines) is 2. The minimum atomic E-state index is 0.220. The van der Waals surface area contributed by atoms with Crippen LogP contribution in [0.25, 0.3) is 0 Å². The molecular formula is C24H37N7. The Bertz CT molecular complexity index is 721. The number of hydrogen-bond acceptors (Lipinski definition) is 7. The Morgan fingerprint density at radius 2 is 1.42 bits per heavy atom. The van der Waals surface area contributed by atoms with Crippen LogP contribution in [0.3, 0.4) is 0 Å². The Morgan fingerprint density at radius 3 is 2.00 bits per heavy atom. The molecule has 0 saturated carbocycles. The van der Waals surface area contributed by atoms with E-state index in [4.69, 9.17) is 5.26 Å². The molecule has 7 heteroatoms. The van der Waals surface area contributed by atoms with Gasteiger partial charge in [0, 0.05) is 51.7 Å². The molecule has 3 heterocycles. The summed E-state index contributed by atoms with van der Waals surface area (Å²) < 4.78 is 0. The molecule has 0 bridgehead atoms. The molecule has 3 aliphatic rings. The quantitative estimate of drug-likeness (QED) is 0.582. The molecule has 168 valence electrons. The van der Waals surface area contributed by atoms with E-state index in [-0.39, 0.29) is 11.5 Å². The number of rotatable bonds is 7. The van der Waals surface area contributed by atoms with Gasteiger partial charge in [-0.15, -0.1) is 0 Å². The van der Waals surface area contributed by atoms with Crippen LogP contribution < -0.4 is 0 Å². The fourth-order valence-electron chi connectivity index (χ4n) is 5.54. The van der Waals surface area contributed by atoms with E-state index in [1.54, 1.807) is 0 Å². The SMILES string of the molecule is CC1CC(C)CN(CCN2CCN(CCCN3CCC(C#N)CC3)C2=C(C#N)C#N)C1. The molecule has 2 unspecified atom stereocenters. The normalized spacial score (nSPS) is 25.8. The summed E-state index contributed by atoms with van der Waals surface area (Å²) in [5.41, 5.74) is 0.243. The van der Waals surface area contributed by atoms with Gasteiger partial charge < -0.3 is 19.6 Å². The predicted octanol–water partition coefficient (Wildman–Crippen LogP) is 2.47. The molecule has 3 saturated heterocycles. The van der Waals surface area contributed by atoms with Gasteiger partial charge in [0.05, 0.1) is 6.07 Å².